The highest BCUT2D eigenvalue weighted by Gasteiger charge is 2.41. The van der Waals surface area contributed by atoms with E-state index < -0.39 is 16.2 Å². The normalized spacial score (nSPS) is 19.3. The lowest BCUT2D eigenvalue weighted by Gasteiger charge is -2.52. The van der Waals surface area contributed by atoms with Gasteiger partial charge in [-0.2, -0.15) is 0 Å². The summed E-state index contributed by atoms with van der Waals surface area (Å²) in [4.78, 5) is 2.03. The van der Waals surface area contributed by atoms with Crippen molar-refractivity contribution in [2.24, 2.45) is 0 Å². The molecule has 0 aromatic heterocycles. The number of likely N-dealkylation sites (N-methyl/N-ethyl adjacent to an activating group) is 2. The van der Waals surface area contributed by atoms with Crippen LogP contribution < -0.4 is 14.4 Å². The van der Waals surface area contributed by atoms with Crippen LogP contribution in [0.15, 0.2) is 54.6 Å². The predicted octanol–water partition coefficient (Wildman–Crippen LogP) is 3.78. The molecule has 1 aliphatic rings. The van der Waals surface area contributed by atoms with Crippen molar-refractivity contribution in [1.29, 1.82) is 0 Å². The van der Waals surface area contributed by atoms with E-state index in [1.807, 2.05) is 73.6 Å². The minimum atomic E-state index is -3.20. The van der Waals surface area contributed by atoms with Gasteiger partial charge in [-0.15, -0.1) is 12.4 Å². The third-order valence-electron chi connectivity index (χ3n) is 4.16. The molecule has 1 unspecified atom stereocenters. The standard InChI is InChI=1S/C18H25N3O3S.ClH/c1-19-12-13-20(2)14-18-24-17-11-7-6-10-16(17)21(25(18,22)23)15-8-4-3-5-9-15;/h3-11,18-19,22-23H,12-14H2,1-2H3;1H. The van der Waals surface area contributed by atoms with Gasteiger partial charge in [-0.05, 0) is 38.4 Å². The number of para-hydroxylation sites is 3. The van der Waals surface area contributed by atoms with Gasteiger partial charge in [-0.3, -0.25) is 14.0 Å². The van der Waals surface area contributed by atoms with Gasteiger partial charge in [-0.25, -0.2) is 4.31 Å². The SMILES string of the molecule is CNCCN(C)CC1Oc2ccccc2N(c2ccccc2)S1(O)O.Cl. The van der Waals surface area contributed by atoms with Gasteiger partial charge in [0, 0.05) is 13.1 Å². The number of anilines is 2. The van der Waals surface area contributed by atoms with Crippen LogP contribution >= 0.6 is 23.2 Å². The second kappa shape index (κ2) is 8.94. The number of benzene rings is 2. The third kappa shape index (κ3) is 4.25. The van der Waals surface area contributed by atoms with E-state index >= 15 is 0 Å². The number of nitrogens with one attached hydrogen (secondary N) is 1. The highest BCUT2D eigenvalue weighted by Crippen LogP contribution is 2.60. The summed E-state index contributed by atoms with van der Waals surface area (Å²) in [7, 11) is 0.641. The molecule has 0 radical (unpaired) electrons. The average molecular weight is 400 g/mol. The van der Waals surface area contributed by atoms with Crippen molar-refractivity contribution in [3.05, 3.63) is 54.6 Å². The fraction of sp³-hybridized carbons (Fsp3) is 0.333. The van der Waals surface area contributed by atoms with E-state index in [1.54, 1.807) is 4.31 Å². The molecule has 1 aliphatic heterocycles. The van der Waals surface area contributed by atoms with Crippen LogP contribution in [0.4, 0.5) is 11.4 Å². The minimum Gasteiger partial charge on any atom is -0.465 e. The Morgan fingerprint density at radius 2 is 1.77 bits per heavy atom. The summed E-state index contributed by atoms with van der Waals surface area (Å²) < 4.78 is 29.7. The molecule has 0 saturated heterocycles. The van der Waals surface area contributed by atoms with Gasteiger partial charge in [0.2, 0.25) is 5.44 Å². The first-order valence-corrected chi connectivity index (χ1v) is 9.82. The topological polar surface area (TPSA) is 68.2 Å². The first-order chi connectivity index (χ1) is 12.0. The Bertz CT molecular complexity index is 705. The van der Waals surface area contributed by atoms with Gasteiger partial charge in [0.15, 0.2) is 0 Å². The number of hydrogen-bond donors (Lipinski definition) is 3. The first kappa shape index (κ1) is 20.8. The summed E-state index contributed by atoms with van der Waals surface area (Å²) in [6.45, 7) is 2.03. The summed E-state index contributed by atoms with van der Waals surface area (Å²) in [5, 5.41) is 3.10. The molecule has 8 heteroatoms. The molecule has 6 nitrogen and oxygen atoms in total. The van der Waals surface area contributed by atoms with Gasteiger partial charge in [0.1, 0.15) is 11.4 Å². The van der Waals surface area contributed by atoms with Crippen LogP contribution in [-0.4, -0.2) is 53.2 Å². The predicted molar refractivity (Wildman–Crippen MR) is 111 cm³/mol. The maximum absolute atomic E-state index is 11.1. The summed E-state index contributed by atoms with van der Waals surface area (Å²) in [5.41, 5.74) is 0.674. The second-order valence-corrected chi connectivity index (χ2v) is 8.09. The molecule has 3 N–H and O–H groups in total. The third-order valence-corrected chi connectivity index (χ3v) is 6.05. The van der Waals surface area contributed by atoms with Crippen LogP contribution in [0.1, 0.15) is 0 Å². The summed E-state index contributed by atoms with van der Waals surface area (Å²) >= 11 is 0. The smallest absolute Gasteiger partial charge is 0.219 e. The first-order valence-electron chi connectivity index (χ1n) is 8.25. The zero-order valence-corrected chi connectivity index (χ0v) is 16.5. The van der Waals surface area contributed by atoms with Crippen LogP contribution in [0.2, 0.25) is 0 Å². The van der Waals surface area contributed by atoms with Crippen LogP contribution in [0.5, 0.6) is 5.75 Å². The highest BCUT2D eigenvalue weighted by atomic mass is 35.5. The highest BCUT2D eigenvalue weighted by molar-refractivity contribution is 8.26. The average Bonchev–Trinajstić information content (AvgIpc) is 2.61. The van der Waals surface area contributed by atoms with E-state index in [0.29, 0.717) is 18.0 Å². The van der Waals surface area contributed by atoms with Crippen molar-refractivity contribution in [2.45, 2.75) is 5.44 Å². The number of nitrogens with zero attached hydrogens (tertiary/aromatic N) is 2. The minimum absolute atomic E-state index is 0. The molecule has 0 amide bonds. The van der Waals surface area contributed by atoms with Crippen LogP contribution in [0, 0.1) is 0 Å². The summed E-state index contributed by atoms with van der Waals surface area (Å²) in [6.07, 6.45) is 0. The number of rotatable bonds is 6. The molecule has 2 aromatic carbocycles. The maximum atomic E-state index is 11.1. The molecule has 2 aromatic rings. The van der Waals surface area contributed by atoms with Crippen LogP contribution in [0.25, 0.3) is 0 Å². The Kier molecular flexibility index (Phi) is 7.16. The molecule has 0 bridgehead atoms. The van der Waals surface area contributed by atoms with Crippen molar-refractivity contribution in [1.82, 2.24) is 10.2 Å². The molecule has 26 heavy (non-hydrogen) atoms. The number of ether oxygens (including phenoxy) is 1. The molecule has 1 heterocycles. The second-order valence-electron chi connectivity index (χ2n) is 6.07. The van der Waals surface area contributed by atoms with Gasteiger partial charge < -0.3 is 10.1 Å². The Balaban J connectivity index is 0.00000243. The van der Waals surface area contributed by atoms with Crippen molar-refractivity contribution < 1.29 is 13.8 Å². The van der Waals surface area contributed by atoms with E-state index in [1.165, 1.54) is 0 Å². The fourth-order valence-electron chi connectivity index (χ4n) is 2.84. The largest absolute Gasteiger partial charge is 0.465 e. The lowest BCUT2D eigenvalue weighted by molar-refractivity contribution is 0.189. The monoisotopic (exact) mass is 399 g/mol. The van der Waals surface area contributed by atoms with Crippen molar-refractivity contribution >= 4 is 34.6 Å². The Labute approximate surface area is 162 Å². The molecule has 0 saturated carbocycles. The van der Waals surface area contributed by atoms with Crippen LogP contribution in [-0.2, 0) is 0 Å². The van der Waals surface area contributed by atoms with E-state index in [0.717, 1.165) is 18.8 Å². The fourth-order valence-corrected chi connectivity index (χ4v) is 4.63. The van der Waals surface area contributed by atoms with Gasteiger partial charge in [0.05, 0.1) is 12.2 Å². The van der Waals surface area contributed by atoms with E-state index in [4.69, 9.17) is 4.74 Å². The Morgan fingerprint density at radius 3 is 2.46 bits per heavy atom. The molecule has 0 aliphatic carbocycles. The van der Waals surface area contributed by atoms with Crippen LogP contribution in [0.3, 0.4) is 0 Å². The molecule has 1 atom stereocenters. The molecule has 0 spiro atoms. The van der Waals surface area contributed by atoms with Gasteiger partial charge >= 0.3 is 0 Å². The summed E-state index contributed by atoms with van der Waals surface area (Å²) in [5.74, 6) is 0.657. The van der Waals surface area contributed by atoms with E-state index in [9.17, 15) is 9.11 Å². The number of hydrogen-bond acceptors (Lipinski definition) is 6. The maximum Gasteiger partial charge on any atom is 0.219 e. The zero-order valence-electron chi connectivity index (χ0n) is 14.9. The molecule has 144 valence electrons. The van der Waals surface area contributed by atoms with Crippen molar-refractivity contribution in [2.75, 3.05) is 38.0 Å². The van der Waals surface area contributed by atoms with Gasteiger partial charge in [-0.1, -0.05) is 41.1 Å². The quantitative estimate of drug-likeness (QED) is 0.686. The van der Waals surface area contributed by atoms with E-state index in [2.05, 4.69) is 5.32 Å². The molecule has 0 fully saturated rings. The Hall–Kier alpha value is -1.48. The molecular weight excluding hydrogens is 374 g/mol. The van der Waals surface area contributed by atoms with Crippen molar-refractivity contribution in [3.63, 3.8) is 0 Å². The lowest BCUT2D eigenvalue weighted by atomic mass is 10.2. The number of halogens is 1. The van der Waals surface area contributed by atoms with E-state index in [-0.39, 0.29) is 12.4 Å². The molecule has 3 rings (SSSR count). The summed E-state index contributed by atoms with van der Waals surface area (Å²) in [6, 6.07) is 16.9. The van der Waals surface area contributed by atoms with Crippen molar-refractivity contribution in [3.8, 4) is 5.75 Å². The van der Waals surface area contributed by atoms with Gasteiger partial charge in [0.25, 0.3) is 0 Å². The lowest BCUT2D eigenvalue weighted by Crippen LogP contribution is -2.45. The molecular formula is C18H26ClN3O3S. The Morgan fingerprint density at radius 1 is 1.12 bits per heavy atom. The number of fused-ring (bicyclic) bond motifs is 1. The zero-order chi connectivity index (χ0) is 17.9.